The van der Waals surface area contributed by atoms with Crippen LogP contribution in [0.1, 0.15) is 22.3 Å². The Kier molecular flexibility index (Phi) is 4.82. The lowest BCUT2D eigenvalue weighted by atomic mass is 9.66. The van der Waals surface area contributed by atoms with Crippen molar-refractivity contribution in [3.05, 3.63) is 168 Å². The van der Waals surface area contributed by atoms with Crippen LogP contribution in [0.3, 0.4) is 0 Å². The molecule has 3 heteroatoms. The van der Waals surface area contributed by atoms with Gasteiger partial charge in [0.2, 0.25) is 0 Å². The van der Waals surface area contributed by atoms with E-state index in [1.165, 1.54) is 22.3 Å². The van der Waals surface area contributed by atoms with Gasteiger partial charge in [-0.15, -0.1) is 0 Å². The first kappa shape index (κ1) is 23.2. The van der Waals surface area contributed by atoms with Crippen molar-refractivity contribution in [3.63, 3.8) is 0 Å². The van der Waals surface area contributed by atoms with Gasteiger partial charge in [-0.2, -0.15) is 0 Å². The Morgan fingerprint density at radius 1 is 0.452 bits per heavy atom. The van der Waals surface area contributed by atoms with Crippen LogP contribution in [0.5, 0.6) is 11.5 Å². The van der Waals surface area contributed by atoms with E-state index in [-0.39, 0.29) is 0 Å². The van der Waals surface area contributed by atoms with Gasteiger partial charge in [-0.3, -0.25) is 0 Å². The Morgan fingerprint density at radius 3 is 1.83 bits per heavy atom. The summed E-state index contributed by atoms with van der Waals surface area (Å²) < 4.78 is 6.86. The highest BCUT2D eigenvalue weighted by Gasteiger charge is 2.51. The van der Waals surface area contributed by atoms with Gasteiger partial charge in [-0.25, -0.2) is 9.97 Å². The quantitative estimate of drug-likeness (QED) is 0.221. The fraction of sp³-hybridized carbons (Fsp3) is 0.0256. The van der Waals surface area contributed by atoms with E-state index in [1.54, 1.807) is 0 Å². The standard InChI is InChI=1S/C39H24N2O/c1-2-13-25(14-3-1)36-28-17-6-10-23-34(28)40-38(41-36)29-18-12-22-33-37(29)42-35-24-11-9-21-32(35)39(33)30-19-7-4-15-26(30)27-16-5-8-20-31(27)39/h1-24H. The molecule has 0 N–H and O–H groups in total. The molecule has 9 rings (SSSR count). The van der Waals surface area contributed by atoms with Crippen molar-refractivity contribution in [2.45, 2.75) is 5.41 Å². The second-order valence-corrected chi connectivity index (χ2v) is 10.9. The molecule has 1 aliphatic heterocycles. The van der Waals surface area contributed by atoms with E-state index >= 15 is 0 Å². The molecular formula is C39H24N2O. The molecular weight excluding hydrogens is 512 g/mol. The zero-order valence-corrected chi connectivity index (χ0v) is 22.7. The Labute approximate surface area is 243 Å². The molecule has 1 aromatic heterocycles. The number of hydrogen-bond donors (Lipinski definition) is 0. The predicted molar refractivity (Wildman–Crippen MR) is 168 cm³/mol. The highest BCUT2D eigenvalue weighted by molar-refractivity contribution is 5.95. The maximum atomic E-state index is 6.86. The smallest absolute Gasteiger partial charge is 0.164 e. The maximum absolute atomic E-state index is 6.86. The Balaban J connectivity index is 1.38. The van der Waals surface area contributed by atoms with Gasteiger partial charge < -0.3 is 4.74 Å². The number of para-hydroxylation sites is 3. The van der Waals surface area contributed by atoms with Crippen LogP contribution in [0.25, 0.3) is 44.7 Å². The van der Waals surface area contributed by atoms with Crippen molar-refractivity contribution in [3.8, 4) is 45.3 Å². The molecule has 0 saturated heterocycles. The average molecular weight is 537 g/mol. The summed E-state index contributed by atoms with van der Waals surface area (Å²) in [5.74, 6) is 2.31. The summed E-state index contributed by atoms with van der Waals surface area (Å²) in [6.45, 7) is 0. The molecule has 3 nitrogen and oxygen atoms in total. The van der Waals surface area contributed by atoms with Gasteiger partial charge in [0.25, 0.3) is 0 Å². The van der Waals surface area contributed by atoms with Crippen molar-refractivity contribution in [2.24, 2.45) is 0 Å². The van der Waals surface area contributed by atoms with E-state index in [9.17, 15) is 0 Å². The third-order valence-electron chi connectivity index (χ3n) is 8.77. The minimum atomic E-state index is -0.521. The van der Waals surface area contributed by atoms with Crippen LogP contribution in [0.4, 0.5) is 0 Å². The molecule has 0 atom stereocenters. The van der Waals surface area contributed by atoms with Gasteiger partial charge in [-0.05, 0) is 40.5 Å². The van der Waals surface area contributed by atoms with Crippen molar-refractivity contribution < 1.29 is 4.74 Å². The van der Waals surface area contributed by atoms with Crippen molar-refractivity contribution in [2.75, 3.05) is 0 Å². The van der Waals surface area contributed by atoms with Crippen LogP contribution in [-0.4, -0.2) is 9.97 Å². The number of benzene rings is 6. The van der Waals surface area contributed by atoms with Crippen LogP contribution < -0.4 is 4.74 Å². The third kappa shape index (κ3) is 3.05. The molecule has 0 radical (unpaired) electrons. The summed E-state index contributed by atoms with van der Waals surface area (Å²) in [5, 5.41) is 1.03. The second kappa shape index (κ2) is 8.73. The Hall–Kier alpha value is -5.54. The molecule has 0 bridgehead atoms. The number of ether oxygens (including phenoxy) is 1. The number of rotatable bonds is 2. The van der Waals surface area contributed by atoms with Gasteiger partial charge in [-0.1, -0.05) is 127 Å². The predicted octanol–water partition coefficient (Wildman–Crippen LogP) is 9.43. The monoisotopic (exact) mass is 536 g/mol. The van der Waals surface area contributed by atoms with Crippen LogP contribution in [0.2, 0.25) is 0 Å². The topological polar surface area (TPSA) is 35.0 Å². The van der Waals surface area contributed by atoms with E-state index < -0.39 is 5.41 Å². The molecule has 1 aliphatic carbocycles. The summed E-state index contributed by atoms with van der Waals surface area (Å²) in [4.78, 5) is 10.3. The first-order valence-electron chi connectivity index (χ1n) is 14.3. The number of aromatic nitrogens is 2. The van der Waals surface area contributed by atoms with E-state index in [4.69, 9.17) is 14.7 Å². The largest absolute Gasteiger partial charge is 0.456 e. The molecule has 1 spiro atoms. The molecule has 0 unspecified atom stereocenters. The SMILES string of the molecule is c1ccc(-c2nc(-c3cccc4c3Oc3ccccc3C43c4ccccc4-c4ccccc43)nc3ccccc23)cc1. The Bertz CT molecular complexity index is 2140. The van der Waals surface area contributed by atoms with Crippen LogP contribution in [-0.2, 0) is 5.41 Å². The highest BCUT2D eigenvalue weighted by Crippen LogP contribution is 2.62. The van der Waals surface area contributed by atoms with Crippen LogP contribution in [0.15, 0.2) is 146 Å². The lowest BCUT2D eigenvalue weighted by molar-refractivity contribution is 0.438. The lowest BCUT2D eigenvalue weighted by Gasteiger charge is -2.39. The summed E-state index contributed by atoms with van der Waals surface area (Å²) in [5.41, 5.74) is 10.5. The second-order valence-electron chi connectivity index (χ2n) is 10.9. The van der Waals surface area contributed by atoms with E-state index in [2.05, 4.69) is 121 Å². The molecule has 196 valence electrons. The van der Waals surface area contributed by atoms with Crippen LogP contribution >= 0.6 is 0 Å². The first-order chi connectivity index (χ1) is 20.8. The number of hydrogen-bond acceptors (Lipinski definition) is 3. The van der Waals surface area contributed by atoms with Crippen LogP contribution in [0, 0.1) is 0 Å². The summed E-state index contributed by atoms with van der Waals surface area (Å²) in [7, 11) is 0. The molecule has 0 fully saturated rings. The minimum Gasteiger partial charge on any atom is -0.456 e. The average Bonchev–Trinajstić information content (AvgIpc) is 3.35. The maximum Gasteiger partial charge on any atom is 0.164 e. The molecule has 7 aromatic rings. The fourth-order valence-corrected chi connectivity index (χ4v) is 7.07. The molecule has 6 aromatic carbocycles. The first-order valence-corrected chi connectivity index (χ1v) is 14.3. The van der Waals surface area contributed by atoms with Crippen molar-refractivity contribution in [1.29, 1.82) is 0 Å². The zero-order valence-electron chi connectivity index (χ0n) is 22.7. The van der Waals surface area contributed by atoms with E-state index in [0.29, 0.717) is 5.82 Å². The van der Waals surface area contributed by atoms with Gasteiger partial charge in [0, 0.05) is 22.1 Å². The minimum absolute atomic E-state index is 0.521. The summed E-state index contributed by atoms with van der Waals surface area (Å²) in [6.07, 6.45) is 0. The van der Waals surface area contributed by atoms with Gasteiger partial charge >= 0.3 is 0 Å². The molecule has 2 aliphatic rings. The summed E-state index contributed by atoms with van der Waals surface area (Å²) in [6, 6.07) is 51.0. The molecule has 0 saturated carbocycles. The Morgan fingerprint density at radius 2 is 1.05 bits per heavy atom. The molecule has 42 heavy (non-hydrogen) atoms. The normalized spacial score (nSPS) is 13.6. The van der Waals surface area contributed by atoms with Gasteiger partial charge in [0.15, 0.2) is 5.82 Å². The molecule has 0 amide bonds. The van der Waals surface area contributed by atoms with Crippen molar-refractivity contribution in [1.82, 2.24) is 9.97 Å². The number of nitrogens with zero attached hydrogens (tertiary/aromatic N) is 2. The number of fused-ring (bicyclic) bond motifs is 10. The van der Waals surface area contributed by atoms with Gasteiger partial charge in [0.1, 0.15) is 11.5 Å². The van der Waals surface area contributed by atoms with Crippen molar-refractivity contribution >= 4 is 10.9 Å². The van der Waals surface area contributed by atoms with E-state index in [1.807, 2.05) is 24.3 Å². The van der Waals surface area contributed by atoms with Gasteiger partial charge in [0.05, 0.1) is 22.2 Å². The molecule has 2 heterocycles. The highest BCUT2D eigenvalue weighted by atomic mass is 16.5. The van der Waals surface area contributed by atoms with E-state index in [0.717, 1.165) is 50.3 Å². The lowest BCUT2D eigenvalue weighted by Crippen LogP contribution is -2.32. The zero-order chi connectivity index (χ0) is 27.7. The fourth-order valence-electron chi connectivity index (χ4n) is 7.07. The summed E-state index contributed by atoms with van der Waals surface area (Å²) >= 11 is 0. The third-order valence-corrected chi connectivity index (χ3v) is 8.77.